The van der Waals surface area contributed by atoms with Crippen molar-refractivity contribution < 1.29 is 14.0 Å². The van der Waals surface area contributed by atoms with Gasteiger partial charge in [0.25, 0.3) is 0 Å². The normalized spacial score (nSPS) is 20.0. The lowest BCUT2D eigenvalue weighted by molar-refractivity contribution is -0.130. The Morgan fingerprint density at radius 2 is 1.54 bits per heavy atom. The second-order valence-corrected chi connectivity index (χ2v) is 7.34. The number of halogens is 1. The van der Waals surface area contributed by atoms with Gasteiger partial charge in [-0.25, -0.2) is 4.39 Å². The molecule has 1 saturated carbocycles. The van der Waals surface area contributed by atoms with E-state index in [1.165, 1.54) is 12.1 Å². The second-order valence-electron chi connectivity index (χ2n) is 7.34. The zero-order valence-corrected chi connectivity index (χ0v) is 15.8. The molecule has 0 atom stereocenters. The minimum absolute atomic E-state index is 0.0236. The molecule has 5 nitrogen and oxygen atoms in total. The molecule has 1 aromatic carbocycles. The van der Waals surface area contributed by atoms with Gasteiger partial charge in [0.2, 0.25) is 11.8 Å². The number of carbonyl (C=O) groups excluding carboxylic acids is 2. The molecule has 2 amide bonds. The van der Waals surface area contributed by atoms with Gasteiger partial charge in [-0.2, -0.15) is 0 Å². The molecular weight excluding hydrogens is 333 g/mol. The number of nitrogens with one attached hydrogen (secondary N) is 2. The Hall–Kier alpha value is -1.95. The van der Waals surface area contributed by atoms with Crippen molar-refractivity contribution in [1.82, 2.24) is 15.5 Å². The molecule has 144 valence electrons. The van der Waals surface area contributed by atoms with Gasteiger partial charge in [-0.3, -0.25) is 9.59 Å². The number of benzene rings is 1. The van der Waals surface area contributed by atoms with Crippen LogP contribution in [0.1, 0.15) is 37.7 Å². The van der Waals surface area contributed by atoms with Crippen LogP contribution in [0.25, 0.3) is 0 Å². The molecule has 0 aromatic heterocycles. The minimum atomic E-state index is -0.279. The van der Waals surface area contributed by atoms with Crippen LogP contribution in [0.5, 0.6) is 0 Å². The first kappa shape index (κ1) is 20.4. The summed E-state index contributed by atoms with van der Waals surface area (Å²) in [4.78, 5) is 26.6. The lowest BCUT2D eigenvalue weighted by Gasteiger charge is -2.27. The largest absolute Gasteiger partial charge is 0.356 e. The summed E-state index contributed by atoms with van der Waals surface area (Å²) >= 11 is 0. The van der Waals surface area contributed by atoms with Gasteiger partial charge in [-0.15, -0.1) is 0 Å². The monoisotopic (exact) mass is 363 g/mol. The Labute approximate surface area is 155 Å². The van der Waals surface area contributed by atoms with Gasteiger partial charge in [-0.05, 0) is 70.4 Å². The number of hydrogen-bond donors (Lipinski definition) is 2. The topological polar surface area (TPSA) is 61.4 Å². The molecule has 0 saturated heterocycles. The van der Waals surface area contributed by atoms with Crippen molar-refractivity contribution in [1.29, 1.82) is 0 Å². The highest BCUT2D eigenvalue weighted by Crippen LogP contribution is 2.29. The molecule has 0 unspecified atom stereocenters. The number of hydrogen-bond acceptors (Lipinski definition) is 3. The molecule has 26 heavy (non-hydrogen) atoms. The highest BCUT2D eigenvalue weighted by Gasteiger charge is 2.29. The first-order valence-corrected chi connectivity index (χ1v) is 9.40. The van der Waals surface area contributed by atoms with E-state index in [4.69, 9.17) is 0 Å². The van der Waals surface area contributed by atoms with E-state index in [2.05, 4.69) is 15.5 Å². The predicted octanol–water partition coefficient (Wildman–Crippen LogP) is 2.32. The molecule has 1 aliphatic rings. The van der Waals surface area contributed by atoms with E-state index in [0.29, 0.717) is 13.1 Å². The van der Waals surface area contributed by atoms with Gasteiger partial charge in [0.1, 0.15) is 5.82 Å². The molecular formula is C20H30FN3O2. The summed E-state index contributed by atoms with van der Waals surface area (Å²) in [5, 5.41) is 5.92. The third kappa shape index (κ3) is 6.75. The second kappa shape index (κ2) is 10.3. The summed E-state index contributed by atoms with van der Waals surface area (Å²) in [6, 6.07) is 6.13. The summed E-state index contributed by atoms with van der Waals surface area (Å²) < 4.78 is 12.9. The number of nitrogens with zero attached hydrogens (tertiary/aromatic N) is 1. The molecule has 2 N–H and O–H groups in total. The van der Waals surface area contributed by atoms with Crippen molar-refractivity contribution in [3.8, 4) is 0 Å². The molecule has 6 heteroatoms. The number of carbonyl (C=O) groups is 2. The van der Waals surface area contributed by atoms with Gasteiger partial charge in [-0.1, -0.05) is 12.1 Å². The first-order chi connectivity index (χ1) is 12.5. The molecule has 0 spiro atoms. The molecule has 0 bridgehead atoms. The molecule has 0 radical (unpaired) electrons. The van der Waals surface area contributed by atoms with Gasteiger partial charge in [0.15, 0.2) is 0 Å². The zero-order chi connectivity index (χ0) is 18.9. The van der Waals surface area contributed by atoms with Crippen molar-refractivity contribution in [2.75, 3.05) is 27.2 Å². The fourth-order valence-electron chi connectivity index (χ4n) is 3.30. The molecule has 2 rings (SSSR count). The zero-order valence-electron chi connectivity index (χ0n) is 15.8. The Morgan fingerprint density at radius 3 is 2.08 bits per heavy atom. The minimum Gasteiger partial charge on any atom is -0.356 e. The SMILES string of the molecule is CN(C)CCCNC(=O)C1CCC(C(=O)NCc2ccc(F)cc2)CC1. The molecule has 0 aliphatic heterocycles. The van der Waals surface area contributed by atoms with Crippen LogP contribution >= 0.6 is 0 Å². The van der Waals surface area contributed by atoms with Crippen LogP contribution in [0.2, 0.25) is 0 Å². The predicted molar refractivity (Wildman–Crippen MR) is 99.9 cm³/mol. The van der Waals surface area contributed by atoms with Crippen molar-refractivity contribution in [3.63, 3.8) is 0 Å². The summed E-state index contributed by atoms with van der Waals surface area (Å²) in [5.74, 6) is -0.143. The Bertz CT molecular complexity index is 581. The van der Waals surface area contributed by atoms with Gasteiger partial charge < -0.3 is 15.5 Å². The van der Waals surface area contributed by atoms with Crippen LogP contribution in [-0.4, -0.2) is 43.9 Å². The maximum absolute atomic E-state index is 12.9. The van der Waals surface area contributed by atoms with E-state index < -0.39 is 0 Å². The van der Waals surface area contributed by atoms with Crippen LogP contribution < -0.4 is 10.6 Å². The molecule has 1 fully saturated rings. The van der Waals surface area contributed by atoms with E-state index in [9.17, 15) is 14.0 Å². The van der Waals surface area contributed by atoms with Gasteiger partial charge in [0.05, 0.1) is 0 Å². The fraction of sp³-hybridized carbons (Fsp3) is 0.600. The van der Waals surface area contributed by atoms with E-state index in [1.807, 2.05) is 14.1 Å². The maximum Gasteiger partial charge on any atom is 0.223 e. The number of rotatable bonds is 8. The maximum atomic E-state index is 12.9. The number of amides is 2. The standard InChI is InChI=1S/C20H30FN3O2/c1-24(2)13-3-12-22-19(25)16-6-8-17(9-7-16)20(26)23-14-15-4-10-18(21)11-5-15/h4-5,10-11,16-17H,3,6-9,12-14H2,1-2H3,(H,22,25)(H,23,26). The summed E-state index contributed by atoms with van der Waals surface area (Å²) in [6.45, 7) is 2.07. The van der Waals surface area contributed by atoms with Crippen LogP contribution in [0.3, 0.4) is 0 Å². The van der Waals surface area contributed by atoms with E-state index in [0.717, 1.165) is 44.2 Å². The smallest absolute Gasteiger partial charge is 0.223 e. The van der Waals surface area contributed by atoms with Crippen molar-refractivity contribution in [2.24, 2.45) is 11.8 Å². The third-order valence-corrected chi connectivity index (χ3v) is 4.93. The van der Waals surface area contributed by atoms with Crippen molar-refractivity contribution in [2.45, 2.75) is 38.6 Å². The Balaban J connectivity index is 1.66. The Morgan fingerprint density at radius 1 is 1.00 bits per heavy atom. The molecule has 1 aliphatic carbocycles. The van der Waals surface area contributed by atoms with E-state index in [1.54, 1.807) is 12.1 Å². The summed E-state index contributed by atoms with van der Waals surface area (Å²) in [7, 11) is 4.04. The summed E-state index contributed by atoms with van der Waals surface area (Å²) in [6.07, 6.45) is 3.94. The quantitative estimate of drug-likeness (QED) is 0.697. The van der Waals surface area contributed by atoms with Gasteiger partial charge in [0, 0.05) is 24.9 Å². The van der Waals surface area contributed by atoms with Gasteiger partial charge >= 0.3 is 0 Å². The Kier molecular flexibility index (Phi) is 8.04. The first-order valence-electron chi connectivity index (χ1n) is 9.40. The van der Waals surface area contributed by atoms with Crippen LogP contribution in [-0.2, 0) is 16.1 Å². The van der Waals surface area contributed by atoms with Crippen molar-refractivity contribution >= 4 is 11.8 Å². The lowest BCUT2D eigenvalue weighted by atomic mass is 9.81. The highest BCUT2D eigenvalue weighted by molar-refractivity contribution is 5.81. The van der Waals surface area contributed by atoms with E-state index in [-0.39, 0.29) is 29.5 Å². The lowest BCUT2D eigenvalue weighted by Crippen LogP contribution is -2.38. The summed E-state index contributed by atoms with van der Waals surface area (Å²) in [5.41, 5.74) is 0.880. The average molecular weight is 363 g/mol. The molecule has 0 heterocycles. The van der Waals surface area contributed by atoms with Crippen LogP contribution in [0, 0.1) is 17.7 Å². The van der Waals surface area contributed by atoms with Crippen molar-refractivity contribution in [3.05, 3.63) is 35.6 Å². The van der Waals surface area contributed by atoms with Crippen LogP contribution in [0.4, 0.5) is 4.39 Å². The third-order valence-electron chi connectivity index (χ3n) is 4.93. The fourth-order valence-corrected chi connectivity index (χ4v) is 3.30. The van der Waals surface area contributed by atoms with Crippen LogP contribution in [0.15, 0.2) is 24.3 Å². The average Bonchev–Trinajstić information content (AvgIpc) is 2.64. The van der Waals surface area contributed by atoms with E-state index >= 15 is 0 Å². The highest BCUT2D eigenvalue weighted by atomic mass is 19.1. The molecule has 1 aromatic rings.